The Morgan fingerprint density at radius 2 is 2.00 bits per heavy atom. The third kappa shape index (κ3) is 7.16. The lowest BCUT2D eigenvalue weighted by Gasteiger charge is -2.21. The molecule has 1 saturated heterocycles. The van der Waals surface area contributed by atoms with Crippen LogP contribution in [0.15, 0.2) is 41.5 Å². The molecule has 1 fully saturated rings. The van der Waals surface area contributed by atoms with Gasteiger partial charge in [0.05, 0.1) is 13.2 Å². The number of pyridine rings is 1. The van der Waals surface area contributed by atoms with Crippen LogP contribution in [-0.2, 0) is 11.3 Å². The second-order valence-electron chi connectivity index (χ2n) is 7.15. The predicted octanol–water partition coefficient (Wildman–Crippen LogP) is 3.34. The number of nitrogens with one attached hydrogen (secondary N) is 2. The number of methoxy groups -OCH3 is 1. The third-order valence-electron chi connectivity index (χ3n) is 4.91. The molecule has 10 heteroatoms. The number of aromatic nitrogens is 1. The Morgan fingerprint density at radius 1 is 1.22 bits per heavy atom. The van der Waals surface area contributed by atoms with Gasteiger partial charge in [0, 0.05) is 44.5 Å². The van der Waals surface area contributed by atoms with Crippen molar-refractivity contribution in [1.29, 1.82) is 0 Å². The summed E-state index contributed by atoms with van der Waals surface area (Å²) in [5.41, 5.74) is 0.888. The van der Waals surface area contributed by atoms with Gasteiger partial charge in [0.15, 0.2) is 5.96 Å². The summed E-state index contributed by atoms with van der Waals surface area (Å²) in [6.07, 6.45) is 2.42. The summed E-state index contributed by atoms with van der Waals surface area (Å²) in [4.78, 5) is 10.6. The molecule has 176 valence electrons. The van der Waals surface area contributed by atoms with Gasteiger partial charge in [-0.2, -0.15) is 0 Å². The van der Waals surface area contributed by atoms with Gasteiger partial charge >= 0.3 is 0 Å². The quantitative estimate of drug-likeness (QED) is 0.212. The number of guanidine groups is 1. The molecular formula is C22H30F2IN5O2. The molecule has 0 amide bonds. The maximum atomic E-state index is 14.1. The number of hydrogen-bond donors (Lipinski definition) is 2. The lowest BCUT2D eigenvalue weighted by Crippen LogP contribution is -2.44. The molecule has 32 heavy (non-hydrogen) atoms. The molecule has 0 bridgehead atoms. The molecule has 2 aromatic rings. The fourth-order valence-electron chi connectivity index (χ4n) is 3.45. The van der Waals surface area contributed by atoms with Crippen LogP contribution < -0.4 is 20.3 Å². The number of para-hydroxylation sites is 1. The molecule has 0 aliphatic carbocycles. The predicted molar refractivity (Wildman–Crippen MR) is 132 cm³/mol. The number of ether oxygens (including phenoxy) is 2. The number of halogens is 3. The van der Waals surface area contributed by atoms with Gasteiger partial charge in [0.1, 0.15) is 23.9 Å². The van der Waals surface area contributed by atoms with E-state index in [0.29, 0.717) is 51.2 Å². The number of rotatable bonds is 9. The van der Waals surface area contributed by atoms with Gasteiger partial charge in [0.2, 0.25) is 5.88 Å². The summed E-state index contributed by atoms with van der Waals surface area (Å²) in [5.74, 6) is 0.0777. The smallest absolute Gasteiger partial charge is 0.218 e. The van der Waals surface area contributed by atoms with Crippen molar-refractivity contribution in [2.45, 2.75) is 25.9 Å². The average molecular weight is 561 g/mol. The Balaban J connectivity index is 0.00000363. The first-order valence-electron chi connectivity index (χ1n) is 10.4. The summed E-state index contributed by atoms with van der Waals surface area (Å²) in [6.45, 7) is 4.99. The van der Waals surface area contributed by atoms with Crippen LogP contribution in [0.2, 0.25) is 0 Å². The number of hydrogen-bond acceptors (Lipinski definition) is 5. The van der Waals surface area contributed by atoms with Crippen molar-refractivity contribution in [3.05, 3.63) is 53.7 Å². The fraction of sp³-hybridized carbons (Fsp3) is 0.455. The standard InChI is InChI=1S/C22H29F2N5O2.HI/c1-3-25-22(27-14-16-6-5-10-26-21(16)31-13-12-30-2)28-17-9-11-29(15-17)20-18(23)7-4-8-19(20)24;/h4-8,10,17H,3,9,11-15H2,1-2H3,(H2,25,27,28);1H. The molecule has 1 atom stereocenters. The van der Waals surface area contributed by atoms with Gasteiger partial charge in [0.25, 0.3) is 0 Å². The molecule has 7 nitrogen and oxygen atoms in total. The van der Waals surface area contributed by atoms with E-state index in [2.05, 4.69) is 20.6 Å². The van der Waals surface area contributed by atoms with E-state index < -0.39 is 11.6 Å². The van der Waals surface area contributed by atoms with Crippen molar-refractivity contribution in [3.8, 4) is 5.88 Å². The lowest BCUT2D eigenvalue weighted by molar-refractivity contribution is 0.143. The van der Waals surface area contributed by atoms with Crippen molar-refractivity contribution in [2.24, 2.45) is 4.99 Å². The first-order chi connectivity index (χ1) is 15.1. The SMILES string of the molecule is CCNC(=NCc1cccnc1OCCOC)NC1CCN(c2c(F)cccc2F)C1.I. The first-order valence-corrected chi connectivity index (χ1v) is 10.4. The zero-order valence-electron chi connectivity index (χ0n) is 18.3. The van der Waals surface area contributed by atoms with Gasteiger partial charge < -0.3 is 25.0 Å². The summed E-state index contributed by atoms with van der Waals surface area (Å²) >= 11 is 0. The number of benzene rings is 1. The molecular weight excluding hydrogens is 531 g/mol. The number of anilines is 1. The Labute approximate surface area is 204 Å². The second-order valence-corrected chi connectivity index (χ2v) is 7.15. The Hall–Kier alpha value is -2.21. The summed E-state index contributed by atoms with van der Waals surface area (Å²) in [7, 11) is 1.62. The van der Waals surface area contributed by atoms with Crippen molar-refractivity contribution in [1.82, 2.24) is 15.6 Å². The monoisotopic (exact) mass is 561 g/mol. The molecule has 0 spiro atoms. The molecule has 0 saturated carbocycles. The van der Waals surface area contributed by atoms with Crippen LogP contribution in [0.5, 0.6) is 5.88 Å². The number of nitrogens with zero attached hydrogens (tertiary/aromatic N) is 3. The maximum absolute atomic E-state index is 14.1. The summed E-state index contributed by atoms with van der Waals surface area (Å²) in [6, 6.07) is 7.72. The van der Waals surface area contributed by atoms with Crippen LogP contribution in [0, 0.1) is 11.6 Å². The Morgan fingerprint density at radius 3 is 2.72 bits per heavy atom. The normalized spacial score (nSPS) is 15.9. The molecule has 1 aliphatic heterocycles. The molecule has 1 aromatic carbocycles. The zero-order chi connectivity index (χ0) is 22.1. The van der Waals surface area contributed by atoms with Crippen molar-refractivity contribution in [2.75, 3.05) is 44.9 Å². The minimum atomic E-state index is -0.543. The fourth-order valence-corrected chi connectivity index (χ4v) is 3.45. The largest absolute Gasteiger partial charge is 0.475 e. The lowest BCUT2D eigenvalue weighted by atomic mass is 10.2. The van der Waals surface area contributed by atoms with Crippen molar-refractivity contribution < 1.29 is 18.3 Å². The maximum Gasteiger partial charge on any atom is 0.218 e. The molecule has 1 aromatic heterocycles. The highest BCUT2D eigenvalue weighted by Crippen LogP contribution is 2.26. The topological polar surface area (TPSA) is 71.0 Å². The van der Waals surface area contributed by atoms with Gasteiger partial charge in [-0.25, -0.2) is 18.8 Å². The van der Waals surface area contributed by atoms with Crippen molar-refractivity contribution in [3.63, 3.8) is 0 Å². The molecule has 1 unspecified atom stereocenters. The highest BCUT2D eigenvalue weighted by molar-refractivity contribution is 14.0. The van der Waals surface area contributed by atoms with Gasteiger partial charge in [-0.1, -0.05) is 12.1 Å². The highest BCUT2D eigenvalue weighted by Gasteiger charge is 2.27. The number of aliphatic imine (C=N–C) groups is 1. The van der Waals surface area contributed by atoms with E-state index in [1.54, 1.807) is 18.2 Å². The average Bonchev–Trinajstić information content (AvgIpc) is 3.21. The molecule has 1 aliphatic rings. The third-order valence-corrected chi connectivity index (χ3v) is 4.91. The van der Waals surface area contributed by atoms with Crippen LogP contribution in [-0.4, -0.2) is 56.9 Å². The first kappa shape index (κ1) is 26.0. The van der Waals surface area contributed by atoms with E-state index >= 15 is 0 Å². The van der Waals surface area contributed by atoms with Crippen LogP contribution >= 0.6 is 24.0 Å². The van der Waals surface area contributed by atoms with E-state index in [4.69, 9.17) is 9.47 Å². The highest BCUT2D eigenvalue weighted by atomic mass is 127. The van der Waals surface area contributed by atoms with Gasteiger partial charge in [-0.15, -0.1) is 24.0 Å². The van der Waals surface area contributed by atoms with Crippen LogP contribution in [0.4, 0.5) is 14.5 Å². The Bertz CT molecular complexity index is 867. The van der Waals surface area contributed by atoms with E-state index in [1.807, 2.05) is 19.1 Å². The molecule has 2 heterocycles. The Kier molecular flexibility index (Phi) is 10.9. The van der Waals surface area contributed by atoms with Gasteiger partial charge in [-0.3, -0.25) is 0 Å². The van der Waals surface area contributed by atoms with Crippen LogP contribution in [0.25, 0.3) is 0 Å². The molecule has 0 radical (unpaired) electrons. The minimum absolute atomic E-state index is 0. The van der Waals surface area contributed by atoms with Gasteiger partial charge in [-0.05, 0) is 31.5 Å². The van der Waals surface area contributed by atoms with Crippen LogP contribution in [0.1, 0.15) is 18.9 Å². The second kappa shape index (κ2) is 13.4. The zero-order valence-corrected chi connectivity index (χ0v) is 20.6. The van der Waals surface area contributed by atoms with E-state index in [1.165, 1.54) is 18.2 Å². The van der Waals surface area contributed by atoms with E-state index in [-0.39, 0.29) is 35.7 Å². The van der Waals surface area contributed by atoms with Crippen LogP contribution in [0.3, 0.4) is 0 Å². The molecule has 3 rings (SSSR count). The van der Waals surface area contributed by atoms with Crippen molar-refractivity contribution >= 4 is 35.6 Å². The minimum Gasteiger partial charge on any atom is -0.475 e. The van der Waals surface area contributed by atoms with E-state index in [9.17, 15) is 8.78 Å². The van der Waals surface area contributed by atoms with E-state index in [0.717, 1.165) is 12.0 Å². The summed E-state index contributed by atoms with van der Waals surface area (Å²) in [5, 5.41) is 6.59. The molecule has 2 N–H and O–H groups in total. The summed E-state index contributed by atoms with van der Waals surface area (Å²) < 4.78 is 38.9.